The molecule has 2 aliphatic heterocycles. The van der Waals surface area contributed by atoms with Crippen molar-refractivity contribution < 1.29 is 46.0 Å². The van der Waals surface area contributed by atoms with E-state index in [0.29, 0.717) is 56.8 Å². The maximum atomic E-state index is 15.0. The maximum absolute atomic E-state index is 15.0. The van der Waals surface area contributed by atoms with E-state index < -0.39 is 48.9 Å². The molecule has 20 heteroatoms. The molecule has 5 heterocycles. The van der Waals surface area contributed by atoms with Crippen molar-refractivity contribution in [1.29, 1.82) is 0 Å². The van der Waals surface area contributed by atoms with Gasteiger partial charge in [-0.3, -0.25) is 14.6 Å². The first-order chi connectivity index (χ1) is 35.9. The highest BCUT2D eigenvalue weighted by Gasteiger charge is 2.37. The van der Waals surface area contributed by atoms with Crippen molar-refractivity contribution in [3.8, 4) is 17.4 Å². The highest BCUT2D eigenvalue weighted by Crippen LogP contribution is 2.40. The number of hydrogen-bond donors (Lipinski definition) is 5. The Hall–Kier alpha value is -6.29. The molecule has 3 aromatic carbocycles. The lowest BCUT2D eigenvalue weighted by atomic mass is 9.80. The number of quaternary nitrogens is 1. The molecule has 3 aromatic heterocycles. The molecule has 75 heavy (non-hydrogen) atoms. The Kier molecular flexibility index (Phi) is 16.1. The number of amides is 1. The molecule has 5 N–H and O–H groups in total. The van der Waals surface area contributed by atoms with E-state index >= 15 is 4.39 Å². The summed E-state index contributed by atoms with van der Waals surface area (Å²) in [6, 6.07) is 20.3. The molecule has 2 atom stereocenters. The number of nitrogens with one attached hydrogen (secondary N) is 4. The summed E-state index contributed by atoms with van der Waals surface area (Å²) in [4.78, 5) is 32.5. The number of anilines is 2. The lowest BCUT2D eigenvalue weighted by Gasteiger charge is -2.48. The van der Waals surface area contributed by atoms with E-state index in [4.69, 9.17) is 9.47 Å². The van der Waals surface area contributed by atoms with Crippen LogP contribution in [0.4, 0.5) is 30.4 Å². The van der Waals surface area contributed by atoms with Crippen LogP contribution in [0.15, 0.2) is 90.1 Å². The molecule has 1 saturated carbocycles. The molecule has 9 rings (SSSR count). The van der Waals surface area contributed by atoms with Crippen LogP contribution < -0.4 is 29.5 Å². The second kappa shape index (κ2) is 22.5. The van der Waals surface area contributed by atoms with Crippen LogP contribution in [0, 0.1) is 28.6 Å². The van der Waals surface area contributed by atoms with Crippen molar-refractivity contribution in [2.24, 2.45) is 5.92 Å². The summed E-state index contributed by atoms with van der Waals surface area (Å²) in [7, 11) is -3.32. The van der Waals surface area contributed by atoms with E-state index in [9.17, 15) is 32.3 Å². The highest BCUT2D eigenvalue weighted by atomic mass is 32.2. The van der Waals surface area contributed by atoms with Gasteiger partial charge in [0.05, 0.1) is 36.4 Å². The molecule has 0 bridgehead atoms. The number of piperazine rings is 1. The van der Waals surface area contributed by atoms with Gasteiger partial charge in [-0.15, -0.1) is 0 Å². The Labute approximate surface area is 435 Å². The van der Waals surface area contributed by atoms with Gasteiger partial charge in [0.2, 0.25) is 0 Å². The van der Waals surface area contributed by atoms with Gasteiger partial charge in [-0.1, -0.05) is 44.2 Å². The van der Waals surface area contributed by atoms with Crippen molar-refractivity contribution in [1.82, 2.24) is 29.5 Å². The zero-order valence-corrected chi connectivity index (χ0v) is 43.8. The lowest BCUT2D eigenvalue weighted by Crippen LogP contribution is -2.98. The first-order valence-corrected chi connectivity index (χ1v) is 27.3. The lowest BCUT2D eigenvalue weighted by molar-refractivity contribution is -0.751. The van der Waals surface area contributed by atoms with Gasteiger partial charge in [-0.2, -0.15) is 4.98 Å². The fourth-order valence-electron chi connectivity index (χ4n) is 10.8. The van der Waals surface area contributed by atoms with E-state index in [2.05, 4.69) is 77.8 Å². The number of fused-ring (bicyclic) bond motifs is 1. The third kappa shape index (κ3) is 12.2. The monoisotopic (exact) mass is 1050 g/mol. The number of sulfonamides is 1. The van der Waals surface area contributed by atoms with Crippen LogP contribution in [0.3, 0.4) is 0 Å². The Morgan fingerprint density at radius 3 is 2.44 bits per heavy atom. The zero-order chi connectivity index (χ0) is 53.2. The molecule has 16 nitrogen and oxygen atoms in total. The number of aliphatic hydroxyl groups is 1. The van der Waals surface area contributed by atoms with Gasteiger partial charge in [-0.25, -0.2) is 31.3 Å². The van der Waals surface area contributed by atoms with E-state index in [0.717, 1.165) is 51.2 Å². The predicted molar refractivity (Wildman–Crippen MR) is 280 cm³/mol. The Bertz CT molecular complexity index is 3120. The number of aromatic nitrogens is 3. The number of halogens is 3. The van der Waals surface area contributed by atoms with E-state index in [1.165, 1.54) is 48.5 Å². The summed E-state index contributed by atoms with van der Waals surface area (Å²) in [6.07, 6.45) is 6.67. The van der Waals surface area contributed by atoms with Crippen LogP contribution in [0.25, 0.3) is 11.0 Å². The summed E-state index contributed by atoms with van der Waals surface area (Å²) in [5.74, 6) is -2.68. The number of aromatic amines is 1. The molecule has 0 spiro atoms. The van der Waals surface area contributed by atoms with Crippen molar-refractivity contribution in [3.05, 3.63) is 130 Å². The minimum atomic E-state index is -4.63. The summed E-state index contributed by atoms with van der Waals surface area (Å²) < 4.78 is 85.6. The maximum Gasteiger partial charge on any atom is 0.268 e. The molecule has 0 radical (unpaired) electrons. The average Bonchev–Trinajstić information content (AvgIpc) is 3.75. The van der Waals surface area contributed by atoms with Gasteiger partial charge >= 0.3 is 0 Å². The highest BCUT2D eigenvalue weighted by molar-refractivity contribution is 7.90. The molecule has 3 aliphatic rings. The number of pyridine rings is 2. The minimum absolute atomic E-state index is 0.0102. The summed E-state index contributed by atoms with van der Waals surface area (Å²) >= 11 is 0. The Morgan fingerprint density at radius 2 is 1.72 bits per heavy atom. The van der Waals surface area contributed by atoms with Crippen molar-refractivity contribution >= 4 is 44.2 Å². The number of benzene rings is 3. The minimum Gasteiger partial charge on any atom is -0.629 e. The number of hydroxylamine groups is 1. The zero-order valence-electron chi connectivity index (χ0n) is 43.0. The number of piperidine rings is 1. The first kappa shape index (κ1) is 53.5. The molecule has 400 valence electrons. The summed E-state index contributed by atoms with van der Waals surface area (Å²) in [6.45, 7) is 12.5. The van der Waals surface area contributed by atoms with Crippen LogP contribution in [0.5, 0.6) is 17.4 Å². The molecule has 1 amide bonds. The van der Waals surface area contributed by atoms with E-state index in [-0.39, 0.29) is 76.0 Å². The molecular formula is C55H66F3N9O7S. The predicted octanol–water partition coefficient (Wildman–Crippen LogP) is 8.33. The number of carbonyl (C=O) groups is 1. The third-order valence-corrected chi connectivity index (χ3v) is 16.2. The number of rotatable bonds is 17. The standard InChI is InChI=1S/C55H66F3N9O7S/c1-6-73-54-50(28-43-46(58)31-61-51(43)62-54)74-49-26-38(12-13-42(49)53(68)63-75(71,72)39-27-47(64(5)70)52(60-30-39)59-29-35-15-19-55(4,69)20-16-35)66-21-17-37(18-22-66)67-24-23-65(32-36-11-14-44(56)45(57)25-36)33-48(67)41-10-8-7-9-40(41)34(2)3/h7-14,25-28,30-31,34-35,37,48,64,69H,6,15-24,29,32-33H2,1-5H3,(H,59,60)(H,61,62)(H,63,68)/t35?,48-,55?/m0/s1. The Morgan fingerprint density at radius 1 is 0.960 bits per heavy atom. The normalized spacial score (nSPS) is 20.6. The molecule has 3 fully saturated rings. The van der Waals surface area contributed by atoms with Crippen LogP contribution >= 0.6 is 0 Å². The SMILES string of the molecule is CCOc1nc2[nH]cc(F)c2cc1Oc1cc(N2CCC(N3CCN(Cc4ccc(F)c(F)c4)C[C@H]3c3ccccc3C(C)C)CC2)ccc1C(=O)NS(=O)(=O)c1cnc(NCC2CCC(C)(O)CC2)c([NH+](C)[O-])c1. The van der Waals surface area contributed by atoms with E-state index in [1.807, 2.05) is 6.92 Å². The second-order valence-electron chi connectivity index (χ2n) is 20.7. The topological polar surface area (TPSA) is 193 Å². The molecule has 6 aromatic rings. The van der Waals surface area contributed by atoms with Crippen molar-refractivity contribution in [2.45, 2.75) is 101 Å². The van der Waals surface area contributed by atoms with Crippen LogP contribution in [-0.2, 0) is 16.6 Å². The molecule has 1 unspecified atom stereocenters. The van der Waals surface area contributed by atoms with Crippen LogP contribution in [0.2, 0.25) is 0 Å². The van der Waals surface area contributed by atoms with Gasteiger partial charge in [0.15, 0.2) is 28.9 Å². The summed E-state index contributed by atoms with van der Waals surface area (Å²) in [5.41, 5.74) is 3.29. The third-order valence-electron chi connectivity index (χ3n) is 14.9. The number of H-pyrrole nitrogens is 1. The average molecular weight is 1050 g/mol. The smallest absolute Gasteiger partial charge is 0.268 e. The fourth-order valence-corrected chi connectivity index (χ4v) is 11.7. The van der Waals surface area contributed by atoms with Gasteiger partial charge < -0.3 is 40.1 Å². The fraction of sp³-hybridized carbons (Fsp3) is 0.436. The van der Waals surface area contributed by atoms with Crippen LogP contribution in [-0.4, -0.2) is 109 Å². The number of hydrogen-bond acceptors (Lipinski definition) is 13. The van der Waals surface area contributed by atoms with Crippen molar-refractivity contribution in [3.63, 3.8) is 0 Å². The molecular weight excluding hydrogens is 988 g/mol. The first-order valence-electron chi connectivity index (χ1n) is 25.8. The van der Waals surface area contributed by atoms with E-state index in [1.54, 1.807) is 25.1 Å². The second-order valence-corrected chi connectivity index (χ2v) is 22.3. The van der Waals surface area contributed by atoms with Gasteiger partial charge in [0.25, 0.3) is 21.8 Å². The van der Waals surface area contributed by atoms with Crippen LogP contribution in [0.1, 0.15) is 105 Å². The van der Waals surface area contributed by atoms with Gasteiger partial charge in [0, 0.05) is 88.0 Å². The number of carbonyl (C=O) groups excluding carboxylic acids is 1. The van der Waals surface area contributed by atoms with Gasteiger partial charge in [-0.05, 0) is 105 Å². The number of nitrogens with zero attached hydrogens (tertiary/aromatic N) is 5. The number of ether oxygens (including phenoxy) is 2. The van der Waals surface area contributed by atoms with Crippen molar-refractivity contribution in [2.75, 3.05) is 63.1 Å². The quantitative estimate of drug-likeness (QED) is 0.0549. The largest absolute Gasteiger partial charge is 0.629 e. The molecule has 2 saturated heterocycles. The van der Waals surface area contributed by atoms with Gasteiger partial charge in [0.1, 0.15) is 22.1 Å². The molecule has 1 aliphatic carbocycles. The Balaban J connectivity index is 0.965. The summed E-state index contributed by atoms with van der Waals surface area (Å²) in [5, 5.41) is 26.1.